The molecule has 0 radical (unpaired) electrons. The molecule has 11 heteroatoms. The minimum absolute atomic E-state index is 0.153. The molecule has 0 aliphatic rings. The first-order valence-corrected chi connectivity index (χ1v) is 10.4. The summed E-state index contributed by atoms with van der Waals surface area (Å²) < 4.78 is 4.01. The van der Waals surface area contributed by atoms with E-state index < -0.39 is 10.8 Å². The van der Waals surface area contributed by atoms with Crippen LogP contribution in [0, 0.1) is 10.1 Å². The summed E-state index contributed by atoms with van der Waals surface area (Å²) >= 11 is 3.39. The van der Waals surface area contributed by atoms with Crippen LogP contribution in [0.1, 0.15) is 15.9 Å². The van der Waals surface area contributed by atoms with E-state index in [1.165, 1.54) is 46.0 Å². The fraction of sp³-hybridized carbons (Fsp3) is 0.143. The molecule has 0 bridgehead atoms. The molecule has 0 aliphatic heterocycles. The number of nitrogens with zero attached hydrogens (tertiary/aromatic N) is 5. The number of fused-ring (bicyclic) bond motifs is 1. The number of carbonyl (C=O) groups excluding carboxylic acids is 1. The molecular weight excluding hydrogens is 480 g/mol. The van der Waals surface area contributed by atoms with Gasteiger partial charge in [-0.15, -0.1) is 0 Å². The summed E-state index contributed by atoms with van der Waals surface area (Å²) in [5.41, 5.74) is 1.22. The summed E-state index contributed by atoms with van der Waals surface area (Å²) in [6.45, 7) is 0.884. The highest BCUT2D eigenvalue weighted by molar-refractivity contribution is 9.10. The first kappa shape index (κ1) is 21.4. The van der Waals surface area contributed by atoms with Crippen molar-refractivity contribution in [3.63, 3.8) is 0 Å². The zero-order valence-electron chi connectivity index (χ0n) is 16.6. The van der Waals surface area contributed by atoms with Crippen molar-refractivity contribution in [3.05, 3.63) is 97.1 Å². The Kier molecular flexibility index (Phi) is 6.08. The van der Waals surface area contributed by atoms with Gasteiger partial charge in [-0.2, -0.15) is 5.10 Å². The van der Waals surface area contributed by atoms with Crippen LogP contribution in [0.25, 0.3) is 11.0 Å². The Morgan fingerprint density at radius 1 is 1.19 bits per heavy atom. The number of hydrogen-bond donors (Lipinski definition) is 1. The first-order valence-electron chi connectivity index (χ1n) is 9.60. The summed E-state index contributed by atoms with van der Waals surface area (Å²) in [4.78, 5) is 39.8. The van der Waals surface area contributed by atoms with Crippen LogP contribution < -0.4 is 10.9 Å². The molecule has 0 fully saturated rings. The highest BCUT2D eigenvalue weighted by Crippen LogP contribution is 2.13. The third-order valence-corrected chi connectivity index (χ3v) is 5.35. The normalized spacial score (nSPS) is 10.9. The third-order valence-electron chi connectivity index (χ3n) is 4.82. The van der Waals surface area contributed by atoms with E-state index in [9.17, 15) is 19.7 Å². The van der Waals surface area contributed by atoms with Crippen LogP contribution in [0.3, 0.4) is 0 Å². The number of amides is 1. The van der Waals surface area contributed by atoms with Gasteiger partial charge in [-0.3, -0.25) is 24.3 Å². The third kappa shape index (κ3) is 4.57. The molecule has 0 saturated heterocycles. The minimum Gasteiger partial charge on any atom is -0.350 e. The van der Waals surface area contributed by atoms with Gasteiger partial charge in [0.2, 0.25) is 0 Å². The number of aromatic nitrogens is 4. The number of benzene rings is 2. The van der Waals surface area contributed by atoms with Crippen LogP contribution in [-0.4, -0.2) is 36.7 Å². The lowest BCUT2D eigenvalue weighted by atomic mass is 10.2. The van der Waals surface area contributed by atoms with Gasteiger partial charge in [0.1, 0.15) is 11.7 Å². The van der Waals surface area contributed by atoms with E-state index in [1.807, 2.05) is 24.3 Å². The molecule has 0 spiro atoms. The molecule has 4 rings (SSSR count). The fourth-order valence-corrected chi connectivity index (χ4v) is 3.46. The number of nitrogens with one attached hydrogen (secondary N) is 1. The highest BCUT2D eigenvalue weighted by atomic mass is 79.9. The topological polar surface area (TPSA) is 125 Å². The van der Waals surface area contributed by atoms with Crippen molar-refractivity contribution < 1.29 is 9.72 Å². The van der Waals surface area contributed by atoms with Gasteiger partial charge in [-0.1, -0.05) is 34.1 Å². The lowest BCUT2D eigenvalue weighted by molar-refractivity contribution is -0.384. The monoisotopic (exact) mass is 496 g/mol. The molecule has 0 aliphatic carbocycles. The van der Waals surface area contributed by atoms with Crippen LogP contribution in [0.4, 0.5) is 5.69 Å². The second-order valence-corrected chi connectivity index (χ2v) is 7.89. The van der Waals surface area contributed by atoms with E-state index in [1.54, 1.807) is 0 Å². The number of hydrogen-bond acceptors (Lipinski definition) is 6. The molecule has 2 aromatic heterocycles. The fourth-order valence-electron chi connectivity index (χ4n) is 3.20. The molecule has 0 saturated carbocycles. The zero-order valence-corrected chi connectivity index (χ0v) is 18.2. The summed E-state index contributed by atoms with van der Waals surface area (Å²) in [7, 11) is 0. The van der Waals surface area contributed by atoms with Gasteiger partial charge in [0, 0.05) is 28.7 Å². The quantitative estimate of drug-likeness (QED) is 0.309. The van der Waals surface area contributed by atoms with Gasteiger partial charge >= 0.3 is 0 Å². The van der Waals surface area contributed by atoms with Crippen molar-refractivity contribution in [2.24, 2.45) is 0 Å². The predicted octanol–water partition coefficient (Wildman–Crippen LogP) is 2.74. The zero-order chi connectivity index (χ0) is 22.7. The van der Waals surface area contributed by atoms with Crippen LogP contribution in [0.5, 0.6) is 0 Å². The Labute approximate surface area is 189 Å². The van der Waals surface area contributed by atoms with E-state index in [-0.39, 0.29) is 29.9 Å². The molecular formula is C21H17BrN6O4. The number of rotatable bonds is 7. The van der Waals surface area contributed by atoms with Gasteiger partial charge < -0.3 is 5.32 Å². The molecule has 0 unspecified atom stereocenters. The summed E-state index contributed by atoms with van der Waals surface area (Å²) in [6.07, 6.45) is 2.94. The Morgan fingerprint density at radius 3 is 2.72 bits per heavy atom. The van der Waals surface area contributed by atoms with Gasteiger partial charge in [-0.25, -0.2) is 9.67 Å². The van der Waals surface area contributed by atoms with Crippen molar-refractivity contribution in [1.82, 2.24) is 24.6 Å². The molecule has 1 N–H and O–H groups in total. The van der Waals surface area contributed by atoms with Gasteiger partial charge in [-0.05, 0) is 23.8 Å². The van der Waals surface area contributed by atoms with Gasteiger partial charge in [0.15, 0.2) is 5.65 Å². The number of carbonyl (C=O) groups is 1. The van der Waals surface area contributed by atoms with Crippen LogP contribution >= 0.6 is 15.9 Å². The van der Waals surface area contributed by atoms with E-state index >= 15 is 0 Å². The predicted molar refractivity (Wildman–Crippen MR) is 120 cm³/mol. The molecule has 0 atom stereocenters. The highest BCUT2D eigenvalue weighted by Gasteiger charge is 2.13. The average molecular weight is 497 g/mol. The maximum absolute atomic E-state index is 12.8. The van der Waals surface area contributed by atoms with E-state index in [2.05, 4.69) is 31.3 Å². The maximum atomic E-state index is 12.8. The molecule has 4 aromatic rings. The van der Waals surface area contributed by atoms with Crippen molar-refractivity contribution in [1.29, 1.82) is 0 Å². The lowest BCUT2D eigenvalue weighted by Gasteiger charge is -2.08. The molecule has 2 aromatic carbocycles. The first-order chi connectivity index (χ1) is 15.4. The van der Waals surface area contributed by atoms with Crippen molar-refractivity contribution in [3.8, 4) is 0 Å². The van der Waals surface area contributed by atoms with Crippen LogP contribution in [0.2, 0.25) is 0 Å². The summed E-state index contributed by atoms with van der Waals surface area (Å²) in [5, 5.41) is 18.2. The van der Waals surface area contributed by atoms with E-state index in [0.717, 1.165) is 10.0 Å². The number of nitro groups is 1. The van der Waals surface area contributed by atoms with Crippen molar-refractivity contribution in [2.75, 3.05) is 6.54 Å². The number of nitro benzene ring substituents is 1. The molecule has 32 heavy (non-hydrogen) atoms. The number of halogens is 1. The van der Waals surface area contributed by atoms with Crippen LogP contribution in [-0.2, 0) is 13.1 Å². The Bertz CT molecular complexity index is 1360. The number of non-ortho nitro benzene ring substituents is 1. The van der Waals surface area contributed by atoms with Gasteiger partial charge in [0.25, 0.3) is 17.2 Å². The molecule has 1 amide bonds. The standard InChI is InChI=1S/C21H17BrN6O4/c22-16-6-4-14(5-7-16)12-26-13-24-19-18(21(26)30)11-25-27(19)9-8-23-20(29)15-2-1-3-17(10-15)28(31)32/h1-7,10-11,13H,8-9,12H2,(H,23,29). The average Bonchev–Trinajstić information content (AvgIpc) is 3.21. The second-order valence-electron chi connectivity index (χ2n) is 6.97. The minimum atomic E-state index is -0.554. The van der Waals surface area contributed by atoms with Gasteiger partial charge in [0.05, 0.1) is 24.2 Å². The molecule has 2 heterocycles. The summed E-state index contributed by atoms with van der Waals surface area (Å²) in [5.74, 6) is -0.435. The lowest BCUT2D eigenvalue weighted by Crippen LogP contribution is -2.27. The smallest absolute Gasteiger partial charge is 0.270 e. The van der Waals surface area contributed by atoms with Crippen LogP contribution in [0.15, 0.2) is 70.3 Å². The Hall–Kier alpha value is -3.86. The van der Waals surface area contributed by atoms with Crippen molar-refractivity contribution >= 4 is 38.6 Å². The maximum Gasteiger partial charge on any atom is 0.270 e. The molecule has 162 valence electrons. The Morgan fingerprint density at radius 2 is 1.97 bits per heavy atom. The summed E-state index contributed by atoms with van der Waals surface area (Å²) in [6, 6.07) is 13.2. The SMILES string of the molecule is O=C(NCCn1ncc2c(=O)n(Cc3ccc(Br)cc3)cnc21)c1cccc([N+](=O)[O-])c1. The largest absolute Gasteiger partial charge is 0.350 e. The van der Waals surface area contributed by atoms with Crippen molar-refractivity contribution in [2.45, 2.75) is 13.1 Å². The van der Waals surface area contributed by atoms with E-state index in [4.69, 9.17) is 0 Å². The molecule has 10 nitrogen and oxygen atoms in total. The Balaban J connectivity index is 1.44. The van der Waals surface area contributed by atoms with E-state index in [0.29, 0.717) is 17.6 Å². The second kappa shape index (κ2) is 9.10.